The van der Waals surface area contributed by atoms with Gasteiger partial charge < -0.3 is 11.1 Å². The first kappa shape index (κ1) is 20.2. The average Bonchev–Trinajstić information content (AvgIpc) is 3.11. The maximum absolute atomic E-state index is 12.8. The van der Waals surface area contributed by atoms with Crippen molar-refractivity contribution in [2.75, 3.05) is 0 Å². The van der Waals surface area contributed by atoms with E-state index in [1.807, 2.05) is 36.4 Å². The molecule has 29 heavy (non-hydrogen) atoms. The molecule has 2 aromatic carbocycles. The lowest BCUT2D eigenvalue weighted by atomic mass is 10.0. The van der Waals surface area contributed by atoms with Gasteiger partial charge in [-0.3, -0.25) is 19.1 Å². The molecule has 7 heteroatoms. The minimum absolute atomic E-state index is 0.193. The highest BCUT2D eigenvalue weighted by atomic mass is 16.2. The number of nitrogens with two attached hydrogens (primary N) is 1. The zero-order valence-corrected chi connectivity index (χ0v) is 16.0. The van der Waals surface area contributed by atoms with Crippen LogP contribution in [0.4, 0.5) is 0 Å². The number of rotatable bonds is 9. The highest BCUT2D eigenvalue weighted by molar-refractivity contribution is 6.37. The van der Waals surface area contributed by atoms with Crippen LogP contribution in [-0.4, -0.2) is 33.3 Å². The Hall–Kier alpha value is -3.58. The van der Waals surface area contributed by atoms with Crippen LogP contribution < -0.4 is 11.1 Å². The van der Waals surface area contributed by atoms with Gasteiger partial charge in [0.2, 0.25) is 11.6 Å². The quantitative estimate of drug-likeness (QED) is 0.424. The van der Waals surface area contributed by atoms with Gasteiger partial charge in [0.25, 0.3) is 5.91 Å². The summed E-state index contributed by atoms with van der Waals surface area (Å²) >= 11 is 0. The monoisotopic (exact) mass is 390 g/mol. The molecular formula is C22H22N4O3. The molecule has 1 heterocycles. The highest BCUT2D eigenvalue weighted by Gasteiger charge is 2.25. The second kappa shape index (κ2) is 9.07. The number of carbonyl (C=O) groups excluding carboxylic acids is 3. The van der Waals surface area contributed by atoms with Crippen LogP contribution in [-0.2, 0) is 29.6 Å². The number of aryl methyl sites for hydroxylation is 1. The summed E-state index contributed by atoms with van der Waals surface area (Å²) in [6, 6.07) is 17.4. The molecule has 3 rings (SSSR count). The second-order valence-corrected chi connectivity index (χ2v) is 6.72. The van der Waals surface area contributed by atoms with Crippen LogP contribution in [0.1, 0.15) is 27.2 Å². The lowest BCUT2D eigenvalue weighted by Gasteiger charge is -2.16. The van der Waals surface area contributed by atoms with Crippen LogP contribution in [0, 0.1) is 0 Å². The minimum atomic E-state index is -0.995. The molecule has 0 radical (unpaired) electrons. The van der Waals surface area contributed by atoms with E-state index in [4.69, 9.17) is 5.73 Å². The van der Waals surface area contributed by atoms with Crippen molar-refractivity contribution < 1.29 is 14.4 Å². The molecule has 1 atom stereocenters. The molecule has 0 aliphatic heterocycles. The first-order valence-electron chi connectivity index (χ1n) is 9.19. The fourth-order valence-electron chi connectivity index (χ4n) is 3.10. The molecule has 3 N–H and O–H groups in total. The molecule has 1 aromatic heterocycles. The van der Waals surface area contributed by atoms with Crippen LogP contribution in [0.3, 0.4) is 0 Å². The number of amides is 1. The van der Waals surface area contributed by atoms with Gasteiger partial charge in [-0.1, -0.05) is 60.7 Å². The van der Waals surface area contributed by atoms with E-state index in [-0.39, 0.29) is 12.3 Å². The van der Waals surface area contributed by atoms with Crippen molar-refractivity contribution in [1.82, 2.24) is 15.1 Å². The molecule has 1 unspecified atom stereocenters. The van der Waals surface area contributed by atoms with Gasteiger partial charge in [-0.2, -0.15) is 5.10 Å². The van der Waals surface area contributed by atoms with Crippen molar-refractivity contribution in [1.29, 1.82) is 0 Å². The number of hydrogen-bond donors (Lipinski definition) is 2. The zero-order chi connectivity index (χ0) is 20.8. The number of nitrogens with one attached hydrogen (secondary N) is 1. The van der Waals surface area contributed by atoms with Gasteiger partial charge in [0.05, 0.1) is 6.04 Å². The van der Waals surface area contributed by atoms with Crippen molar-refractivity contribution in [3.05, 3.63) is 89.2 Å². The molecule has 148 valence electrons. The maximum atomic E-state index is 12.8. The number of carbonyl (C=O) groups is 3. The lowest BCUT2D eigenvalue weighted by molar-refractivity contribution is -0.137. The number of primary amides is 1. The van der Waals surface area contributed by atoms with E-state index in [9.17, 15) is 14.4 Å². The molecule has 0 bridgehead atoms. The Morgan fingerprint density at radius 3 is 2.28 bits per heavy atom. The molecule has 1 amide bonds. The molecule has 0 saturated heterocycles. The smallest absolute Gasteiger partial charge is 0.286 e. The first-order valence-corrected chi connectivity index (χ1v) is 9.19. The van der Waals surface area contributed by atoms with E-state index in [0.717, 1.165) is 5.56 Å². The van der Waals surface area contributed by atoms with Crippen LogP contribution in [0.5, 0.6) is 0 Å². The highest BCUT2D eigenvalue weighted by Crippen LogP contribution is 2.14. The Morgan fingerprint density at radius 2 is 1.66 bits per heavy atom. The number of nitrogens with zero attached hydrogens (tertiary/aromatic N) is 2. The number of benzene rings is 2. The van der Waals surface area contributed by atoms with E-state index in [2.05, 4.69) is 10.4 Å². The summed E-state index contributed by atoms with van der Waals surface area (Å²) in [5.41, 5.74) is 7.58. The molecule has 0 fully saturated rings. The summed E-state index contributed by atoms with van der Waals surface area (Å²) in [6.45, 7) is 0.193. The normalized spacial score (nSPS) is 11.8. The Kier molecular flexibility index (Phi) is 6.31. The Morgan fingerprint density at radius 1 is 1.03 bits per heavy atom. The largest absolute Gasteiger partial charge is 0.363 e. The predicted molar refractivity (Wildman–Crippen MR) is 108 cm³/mol. The summed E-state index contributed by atoms with van der Waals surface area (Å²) in [7, 11) is 1.72. The number of ketones is 2. The van der Waals surface area contributed by atoms with Gasteiger partial charge in [0.15, 0.2) is 0 Å². The topological polar surface area (TPSA) is 107 Å². The van der Waals surface area contributed by atoms with E-state index in [1.54, 1.807) is 42.2 Å². The van der Waals surface area contributed by atoms with Crippen LogP contribution in [0.2, 0.25) is 0 Å². The molecule has 0 aliphatic carbocycles. The summed E-state index contributed by atoms with van der Waals surface area (Å²) in [4.78, 5) is 36.6. The summed E-state index contributed by atoms with van der Waals surface area (Å²) in [5.74, 6) is -1.90. The lowest BCUT2D eigenvalue weighted by Crippen LogP contribution is -2.44. The number of Topliss-reactive ketones (excluding diaryl/α,β-unsaturated/α-hetero) is 1. The second-order valence-electron chi connectivity index (χ2n) is 6.72. The molecule has 0 aliphatic rings. The summed E-state index contributed by atoms with van der Waals surface area (Å²) in [6.07, 6.45) is 2.03. The minimum Gasteiger partial charge on any atom is -0.363 e. The maximum Gasteiger partial charge on any atom is 0.286 e. The fourth-order valence-corrected chi connectivity index (χ4v) is 3.10. The Balaban J connectivity index is 1.80. The zero-order valence-electron chi connectivity index (χ0n) is 16.0. The van der Waals surface area contributed by atoms with E-state index < -0.39 is 17.7 Å². The van der Waals surface area contributed by atoms with Crippen molar-refractivity contribution in [3.8, 4) is 0 Å². The van der Waals surface area contributed by atoms with Crippen molar-refractivity contribution in [2.45, 2.75) is 19.0 Å². The molecular weight excluding hydrogens is 368 g/mol. The number of hydrogen-bond acceptors (Lipinski definition) is 5. The van der Waals surface area contributed by atoms with Gasteiger partial charge in [0.1, 0.15) is 5.69 Å². The van der Waals surface area contributed by atoms with Gasteiger partial charge in [0, 0.05) is 30.9 Å². The van der Waals surface area contributed by atoms with E-state index >= 15 is 0 Å². The third-order valence-electron chi connectivity index (χ3n) is 4.54. The standard InChI is InChI=1S/C22H22N4O3/c1-26-14-17(19(25-26)20(27)16-10-6-3-7-11-16)13-24-18(21(28)22(23)29)12-15-8-4-2-5-9-15/h2-11,14,18,24H,12-13H2,1H3,(H2,23,29). The molecule has 3 aromatic rings. The van der Waals surface area contributed by atoms with Gasteiger partial charge in [-0.05, 0) is 12.0 Å². The van der Waals surface area contributed by atoms with E-state index in [0.29, 0.717) is 23.2 Å². The molecule has 7 nitrogen and oxygen atoms in total. The molecule has 0 saturated carbocycles. The van der Waals surface area contributed by atoms with Crippen molar-refractivity contribution >= 4 is 17.5 Å². The fraction of sp³-hybridized carbons (Fsp3) is 0.182. The average molecular weight is 390 g/mol. The van der Waals surface area contributed by atoms with Crippen LogP contribution in [0.15, 0.2) is 66.9 Å². The van der Waals surface area contributed by atoms with Crippen molar-refractivity contribution in [2.24, 2.45) is 12.8 Å². The van der Waals surface area contributed by atoms with Crippen molar-refractivity contribution in [3.63, 3.8) is 0 Å². The third-order valence-corrected chi connectivity index (χ3v) is 4.54. The molecule has 0 spiro atoms. The summed E-state index contributed by atoms with van der Waals surface area (Å²) in [5, 5.41) is 7.35. The SMILES string of the molecule is Cn1cc(CNC(Cc2ccccc2)C(=O)C(N)=O)c(C(=O)c2ccccc2)n1. The van der Waals surface area contributed by atoms with Crippen LogP contribution in [0.25, 0.3) is 0 Å². The van der Waals surface area contributed by atoms with Gasteiger partial charge in [-0.15, -0.1) is 0 Å². The Bertz CT molecular complexity index is 1010. The van der Waals surface area contributed by atoms with Crippen LogP contribution >= 0.6 is 0 Å². The van der Waals surface area contributed by atoms with E-state index in [1.165, 1.54) is 0 Å². The van der Waals surface area contributed by atoms with Gasteiger partial charge in [-0.25, -0.2) is 0 Å². The Labute approximate surface area is 168 Å². The van der Waals surface area contributed by atoms with Gasteiger partial charge >= 0.3 is 0 Å². The first-order chi connectivity index (χ1) is 14.0. The number of aromatic nitrogens is 2. The summed E-state index contributed by atoms with van der Waals surface area (Å²) < 4.78 is 1.55. The predicted octanol–water partition coefficient (Wildman–Crippen LogP) is 1.41. The third kappa shape index (κ3) is 5.03.